The van der Waals surface area contributed by atoms with E-state index in [0.29, 0.717) is 18.6 Å². The molecule has 1 N–H and O–H groups in total. The van der Waals surface area contributed by atoms with Crippen molar-refractivity contribution in [1.29, 1.82) is 0 Å². The molecule has 0 saturated carbocycles. The minimum Gasteiger partial charge on any atom is -0.380 e. The fourth-order valence-electron chi connectivity index (χ4n) is 3.02. The number of fused-ring (bicyclic) bond motifs is 1. The summed E-state index contributed by atoms with van der Waals surface area (Å²) in [7, 11) is 1.60. The van der Waals surface area contributed by atoms with E-state index in [2.05, 4.69) is 5.32 Å². The summed E-state index contributed by atoms with van der Waals surface area (Å²) < 4.78 is 18.9. The Morgan fingerprint density at radius 2 is 2.09 bits per heavy atom. The number of hydrogen-bond acceptors (Lipinski definition) is 2. The minimum absolute atomic E-state index is 0.131. The van der Waals surface area contributed by atoms with Gasteiger partial charge in [-0.1, -0.05) is 30.3 Å². The number of benzene rings is 2. The van der Waals surface area contributed by atoms with Crippen LogP contribution in [-0.4, -0.2) is 13.0 Å². The van der Waals surface area contributed by atoms with Crippen molar-refractivity contribution >= 4 is 5.91 Å². The molecule has 114 valence electrons. The molecular formula is C18H18FNO2. The van der Waals surface area contributed by atoms with Gasteiger partial charge in [-0.3, -0.25) is 4.79 Å². The largest absolute Gasteiger partial charge is 0.380 e. The van der Waals surface area contributed by atoms with Crippen LogP contribution in [0.5, 0.6) is 0 Å². The highest BCUT2D eigenvalue weighted by Crippen LogP contribution is 2.32. The van der Waals surface area contributed by atoms with Gasteiger partial charge in [0, 0.05) is 12.7 Å². The Kier molecular flexibility index (Phi) is 4.20. The molecule has 0 aliphatic heterocycles. The lowest BCUT2D eigenvalue weighted by molar-refractivity contribution is 0.0932. The molecule has 1 aliphatic carbocycles. The summed E-state index contributed by atoms with van der Waals surface area (Å²) in [5.41, 5.74) is 3.06. The van der Waals surface area contributed by atoms with Crippen LogP contribution >= 0.6 is 0 Å². The molecule has 0 spiro atoms. The number of carbonyl (C=O) groups is 1. The fourth-order valence-corrected chi connectivity index (χ4v) is 3.02. The fraction of sp³-hybridized carbons (Fsp3) is 0.278. The molecule has 0 fully saturated rings. The smallest absolute Gasteiger partial charge is 0.252 e. The Morgan fingerprint density at radius 3 is 2.91 bits per heavy atom. The van der Waals surface area contributed by atoms with Gasteiger partial charge in [-0.05, 0) is 41.7 Å². The number of carbonyl (C=O) groups excluding carboxylic acids is 1. The molecule has 1 amide bonds. The second-order valence-electron chi connectivity index (χ2n) is 5.46. The van der Waals surface area contributed by atoms with E-state index in [4.69, 9.17) is 4.74 Å². The summed E-state index contributed by atoms with van der Waals surface area (Å²) >= 11 is 0. The molecule has 3 rings (SSSR count). The number of amides is 1. The van der Waals surface area contributed by atoms with Crippen molar-refractivity contribution in [3.05, 3.63) is 70.5 Å². The van der Waals surface area contributed by atoms with Crippen LogP contribution in [0.2, 0.25) is 0 Å². The average molecular weight is 299 g/mol. The van der Waals surface area contributed by atoms with Gasteiger partial charge in [0.2, 0.25) is 0 Å². The van der Waals surface area contributed by atoms with Crippen LogP contribution in [0, 0.1) is 5.82 Å². The van der Waals surface area contributed by atoms with Crippen LogP contribution in [0.25, 0.3) is 0 Å². The molecule has 2 aromatic carbocycles. The summed E-state index contributed by atoms with van der Waals surface area (Å²) in [6.45, 7) is 0.388. The van der Waals surface area contributed by atoms with Gasteiger partial charge in [-0.15, -0.1) is 0 Å². The van der Waals surface area contributed by atoms with E-state index < -0.39 is 0 Å². The van der Waals surface area contributed by atoms with Gasteiger partial charge < -0.3 is 10.1 Å². The Bertz CT molecular complexity index is 699. The minimum atomic E-state index is -0.186. The van der Waals surface area contributed by atoms with Gasteiger partial charge in [0.15, 0.2) is 0 Å². The summed E-state index contributed by atoms with van der Waals surface area (Å²) in [6, 6.07) is 12.3. The van der Waals surface area contributed by atoms with Crippen LogP contribution in [0.3, 0.4) is 0 Å². The number of hydrogen-bond donors (Lipinski definition) is 1. The van der Waals surface area contributed by atoms with Gasteiger partial charge in [-0.25, -0.2) is 4.39 Å². The summed E-state index contributed by atoms with van der Waals surface area (Å²) in [4.78, 5) is 12.5. The molecular weight excluding hydrogens is 281 g/mol. The second kappa shape index (κ2) is 6.28. The second-order valence-corrected chi connectivity index (χ2v) is 5.46. The molecule has 1 atom stereocenters. The molecule has 0 bridgehead atoms. The molecule has 3 nitrogen and oxygen atoms in total. The number of methoxy groups -OCH3 is 1. The summed E-state index contributed by atoms with van der Waals surface area (Å²) in [6.07, 6.45) is 1.39. The predicted octanol–water partition coefficient (Wildman–Crippen LogP) is 3.39. The molecule has 22 heavy (non-hydrogen) atoms. The zero-order valence-corrected chi connectivity index (χ0v) is 12.4. The highest BCUT2D eigenvalue weighted by atomic mass is 19.1. The number of halogens is 1. The molecule has 1 aliphatic rings. The predicted molar refractivity (Wildman–Crippen MR) is 82.1 cm³/mol. The van der Waals surface area contributed by atoms with E-state index in [-0.39, 0.29) is 17.8 Å². The van der Waals surface area contributed by atoms with Crippen molar-refractivity contribution in [3.63, 3.8) is 0 Å². The van der Waals surface area contributed by atoms with Crippen molar-refractivity contribution in [2.24, 2.45) is 0 Å². The molecule has 0 aromatic heterocycles. The van der Waals surface area contributed by atoms with Crippen LogP contribution in [0.1, 0.15) is 39.5 Å². The first-order valence-electron chi connectivity index (χ1n) is 7.35. The standard InChI is InChI=1S/C18H18FNO2/c1-22-11-12-5-2-3-6-13(12)18(21)20-17-10-9-14-15(17)7-4-8-16(14)19/h2-8,17H,9-11H2,1H3,(H,20,21). The third kappa shape index (κ3) is 2.74. The van der Waals surface area contributed by atoms with Crippen LogP contribution in [0.15, 0.2) is 42.5 Å². The third-order valence-corrected chi connectivity index (χ3v) is 4.08. The Balaban J connectivity index is 1.81. The van der Waals surface area contributed by atoms with Crippen molar-refractivity contribution in [2.45, 2.75) is 25.5 Å². The quantitative estimate of drug-likeness (QED) is 0.940. The average Bonchev–Trinajstić information content (AvgIpc) is 2.93. The first-order valence-corrected chi connectivity index (χ1v) is 7.35. The van der Waals surface area contributed by atoms with Gasteiger partial charge in [-0.2, -0.15) is 0 Å². The maximum absolute atomic E-state index is 13.8. The van der Waals surface area contributed by atoms with Crippen LogP contribution < -0.4 is 5.32 Å². The van der Waals surface area contributed by atoms with Gasteiger partial charge in [0.1, 0.15) is 5.82 Å². The zero-order valence-electron chi connectivity index (χ0n) is 12.4. The number of ether oxygens (including phenoxy) is 1. The lowest BCUT2D eigenvalue weighted by atomic mass is 10.0. The Labute approximate surface area is 129 Å². The maximum atomic E-state index is 13.8. The Hall–Kier alpha value is -2.20. The Morgan fingerprint density at radius 1 is 1.27 bits per heavy atom. The SMILES string of the molecule is COCc1ccccc1C(=O)NC1CCc2c(F)cccc21. The molecule has 0 heterocycles. The highest BCUT2D eigenvalue weighted by molar-refractivity contribution is 5.96. The maximum Gasteiger partial charge on any atom is 0.252 e. The van der Waals surface area contributed by atoms with E-state index in [0.717, 1.165) is 23.1 Å². The normalized spacial score (nSPS) is 16.4. The van der Waals surface area contributed by atoms with E-state index in [9.17, 15) is 9.18 Å². The first-order chi connectivity index (χ1) is 10.7. The van der Waals surface area contributed by atoms with E-state index in [1.807, 2.05) is 24.3 Å². The number of rotatable bonds is 4. The van der Waals surface area contributed by atoms with E-state index in [1.54, 1.807) is 19.2 Å². The van der Waals surface area contributed by atoms with Crippen molar-refractivity contribution in [3.8, 4) is 0 Å². The molecule has 4 heteroatoms. The third-order valence-electron chi connectivity index (χ3n) is 4.08. The van der Waals surface area contributed by atoms with Crippen molar-refractivity contribution < 1.29 is 13.9 Å². The molecule has 0 radical (unpaired) electrons. The lowest BCUT2D eigenvalue weighted by Crippen LogP contribution is -2.28. The van der Waals surface area contributed by atoms with Crippen molar-refractivity contribution in [1.82, 2.24) is 5.32 Å². The van der Waals surface area contributed by atoms with Gasteiger partial charge in [0.05, 0.1) is 12.6 Å². The van der Waals surface area contributed by atoms with Gasteiger partial charge in [0.25, 0.3) is 5.91 Å². The van der Waals surface area contributed by atoms with Crippen LogP contribution in [-0.2, 0) is 17.8 Å². The molecule has 2 aromatic rings. The van der Waals surface area contributed by atoms with Crippen LogP contribution in [0.4, 0.5) is 4.39 Å². The van der Waals surface area contributed by atoms with E-state index >= 15 is 0 Å². The lowest BCUT2D eigenvalue weighted by Gasteiger charge is -2.16. The molecule has 1 unspecified atom stereocenters. The first kappa shape index (κ1) is 14.7. The van der Waals surface area contributed by atoms with Gasteiger partial charge >= 0.3 is 0 Å². The summed E-state index contributed by atoms with van der Waals surface area (Å²) in [5.74, 6) is -0.330. The van der Waals surface area contributed by atoms with E-state index in [1.165, 1.54) is 6.07 Å². The van der Waals surface area contributed by atoms with Crippen molar-refractivity contribution in [2.75, 3.05) is 7.11 Å². The summed E-state index contributed by atoms with van der Waals surface area (Å²) in [5, 5.41) is 3.02. The highest BCUT2D eigenvalue weighted by Gasteiger charge is 2.26. The molecule has 0 saturated heterocycles. The monoisotopic (exact) mass is 299 g/mol. The zero-order chi connectivity index (χ0) is 15.5. The topological polar surface area (TPSA) is 38.3 Å². The number of nitrogens with one attached hydrogen (secondary N) is 1.